The lowest BCUT2D eigenvalue weighted by Gasteiger charge is -2.13. The van der Waals surface area contributed by atoms with Crippen LogP contribution in [0.4, 0.5) is 13.2 Å². The zero-order chi connectivity index (χ0) is 23.4. The Balaban J connectivity index is 1.35. The third-order valence-corrected chi connectivity index (χ3v) is 5.33. The van der Waals surface area contributed by atoms with Gasteiger partial charge < -0.3 is 14.4 Å². The van der Waals surface area contributed by atoms with Gasteiger partial charge in [0.05, 0.1) is 12.2 Å². The average Bonchev–Trinajstić information content (AvgIpc) is 3.09. The molecule has 0 fully saturated rings. The second-order valence-corrected chi connectivity index (χ2v) is 7.69. The Bertz CT molecular complexity index is 1180. The number of aliphatic hydroxyl groups excluding tert-OH is 1. The normalized spacial score (nSPS) is 16.9. The first kappa shape index (κ1) is 22.5. The van der Waals surface area contributed by atoms with Gasteiger partial charge in [-0.25, -0.2) is 0 Å². The maximum absolute atomic E-state index is 12.8. The number of benzene rings is 2. The monoisotopic (exact) mass is 453 g/mol. The highest BCUT2D eigenvalue weighted by Gasteiger charge is 2.30. The summed E-state index contributed by atoms with van der Waals surface area (Å²) >= 11 is 0. The van der Waals surface area contributed by atoms with Crippen molar-refractivity contribution in [1.29, 1.82) is 0 Å². The van der Waals surface area contributed by atoms with Crippen LogP contribution in [-0.2, 0) is 13.2 Å². The van der Waals surface area contributed by atoms with E-state index in [1.165, 1.54) is 18.5 Å². The first-order valence-corrected chi connectivity index (χ1v) is 10.3. The van der Waals surface area contributed by atoms with Gasteiger partial charge in [0, 0.05) is 13.0 Å². The Labute approximate surface area is 189 Å². The van der Waals surface area contributed by atoms with Crippen molar-refractivity contribution in [3.8, 4) is 5.75 Å². The summed E-state index contributed by atoms with van der Waals surface area (Å²) in [5, 5.41) is 18.2. The summed E-state index contributed by atoms with van der Waals surface area (Å²) in [5.41, 5.74) is 1.55. The Hall–Kier alpha value is -3.65. The number of aliphatic hydroxyl groups is 1. The third-order valence-electron chi connectivity index (χ3n) is 5.33. The number of alkyl halides is 3. The second-order valence-electron chi connectivity index (χ2n) is 7.69. The van der Waals surface area contributed by atoms with Gasteiger partial charge in [0.2, 0.25) is 0 Å². The number of halogens is 3. The smallest absolute Gasteiger partial charge is 0.416 e. The highest BCUT2D eigenvalue weighted by molar-refractivity contribution is 5.76. The molecule has 0 amide bonds. The molecule has 1 heterocycles. The van der Waals surface area contributed by atoms with Crippen LogP contribution in [0.5, 0.6) is 5.75 Å². The number of hydrogen-bond acceptors (Lipinski definition) is 4. The number of aromatic nitrogens is 3. The number of ether oxygens (including phenoxy) is 1. The molecule has 2 aromatic carbocycles. The van der Waals surface area contributed by atoms with E-state index in [1.807, 2.05) is 30.4 Å². The summed E-state index contributed by atoms with van der Waals surface area (Å²) in [6, 6.07) is 12.2. The van der Waals surface area contributed by atoms with Crippen molar-refractivity contribution >= 4 is 5.57 Å². The Morgan fingerprint density at radius 2 is 1.79 bits per heavy atom. The summed E-state index contributed by atoms with van der Waals surface area (Å²) in [6.45, 7) is 0.395. The molecule has 0 saturated heterocycles. The zero-order valence-corrected chi connectivity index (χ0v) is 17.8. The van der Waals surface area contributed by atoms with Crippen molar-refractivity contribution in [3.05, 3.63) is 108 Å². The van der Waals surface area contributed by atoms with Gasteiger partial charge in [-0.15, -0.1) is 10.2 Å². The van der Waals surface area contributed by atoms with Crippen LogP contribution in [-0.4, -0.2) is 26.5 Å². The van der Waals surface area contributed by atoms with Crippen LogP contribution >= 0.6 is 0 Å². The summed E-state index contributed by atoms with van der Waals surface area (Å²) in [4.78, 5) is 0. The van der Waals surface area contributed by atoms with E-state index < -0.39 is 17.8 Å². The molecule has 1 N–H and O–H groups in total. The summed E-state index contributed by atoms with van der Waals surface area (Å²) in [7, 11) is 1.77. The third kappa shape index (κ3) is 5.40. The van der Waals surface area contributed by atoms with Gasteiger partial charge in [0.25, 0.3) is 0 Å². The predicted molar refractivity (Wildman–Crippen MR) is 118 cm³/mol. The SMILES string of the molecule is Cn1cnnc1C(O)c1ccc(OCC2C=CC=C(c3ccc(C(F)(F)F)cc3)C=C2)cc1. The van der Waals surface area contributed by atoms with E-state index in [0.717, 1.165) is 17.7 Å². The number of aryl methyl sites for hydroxylation is 1. The molecule has 0 bridgehead atoms. The number of allylic oxidation sites excluding steroid dienone is 4. The highest BCUT2D eigenvalue weighted by atomic mass is 19.4. The summed E-state index contributed by atoms with van der Waals surface area (Å²) in [6.07, 6.45) is 5.86. The van der Waals surface area contributed by atoms with E-state index in [4.69, 9.17) is 4.74 Å². The van der Waals surface area contributed by atoms with E-state index >= 15 is 0 Å². The van der Waals surface area contributed by atoms with Gasteiger partial charge in [0.1, 0.15) is 18.2 Å². The van der Waals surface area contributed by atoms with Crippen molar-refractivity contribution in [3.63, 3.8) is 0 Å². The van der Waals surface area contributed by atoms with Crippen LogP contribution in [0, 0.1) is 5.92 Å². The molecular formula is C25H22F3N3O2. The molecule has 1 aliphatic carbocycles. The Kier molecular flexibility index (Phi) is 6.46. The van der Waals surface area contributed by atoms with Crippen LogP contribution in [0.1, 0.15) is 28.6 Å². The lowest BCUT2D eigenvalue weighted by atomic mass is 10.0. The van der Waals surface area contributed by atoms with Crippen LogP contribution in [0.15, 0.2) is 85.2 Å². The molecule has 3 aromatic rings. The highest BCUT2D eigenvalue weighted by Crippen LogP contribution is 2.31. The van der Waals surface area contributed by atoms with E-state index in [0.29, 0.717) is 29.3 Å². The molecule has 0 aliphatic heterocycles. The van der Waals surface area contributed by atoms with Gasteiger partial charge in [0.15, 0.2) is 5.82 Å². The molecule has 0 radical (unpaired) electrons. The first-order valence-electron chi connectivity index (χ1n) is 10.3. The zero-order valence-electron chi connectivity index (χ0n) is 17.8. The topological polar surface area (TPSA) is 60.2 Å². The minimum absolute atomic E-state index is 0.00268. The molecule has 1 aliphatic rings. The number of hydrogen-bond donors (Lipinski definition) is 1. The Morgan fingerprint density at radius 3 is 2.42 bits per heavy atom. The van der Waals surface area contributed by atoms with Crippen molar-refractivity contribution in [1.82, 2.24) is 14.8 Å². The molecule has 5 nitrogen and oxygen atoms in total. The lowest BCUT2D eigenvalue weighted by Crippen LogP contribution is -2.08. The van der Waals surface area contributed by atoms with Gasteiger partial charge >= 0.3 is 6.18 Å². The molecule has 2 unspecified atom stereocenters. The number of rotatable bonds is 6. The summed E-state index contributed by atoms with van der Waals surface area (Å²) < 4.78 is 45.9. The largest absolute Gasteiger partial charge is 0.493 e. The molecule has 2 atom stereocenters. The molecule has 170 valence electrons. The fourth-order valence-electron chi connectivity index (χ4n) is 3.43. The van der Waals surface area contributed by atoms with E-state index in [-0.39, 0.29) is 5.92 Å². The molecule has 1 aromatic heterocycles. The fraction of sp³-hybridized carbons (Fsp3) is 0.200. The second kappa shape index (κ2) is 9.46. The van der Waals surface area contributed by atoms with Crippen molar-refractivity contribution < 1.29 is 23.0 Å². The van der Waals surface area contributed by atoms with Gasteiger partial charge in [-0.05, 0) is 41.0 Å². The maximum Gasteiger partial charge on any atom is 0.416 e. The molecule has 8 heteroatoms. The van der Waals surface area contributed by atoms with E-state index in [1.54, 1.807) is 35.9 Å². The molecule has 0 saturated carbocycles. The van der Waals surface area contributed by atoms with E-state index in [9.17, 15) is 18.3 Å². The van der Waals surface area contributed by atoms with E-state index in [2.05, 4.69) is 10.2 Å². The Morgan fingerprint density at radius 1 is 1.06 bits per heavy atom. The van der Waals surface area contributed by atoms with Crippen LogP contribution < -0.4 is 4.74 Å². The molecule has 0 spiro atoms. The summed E-state index contributed by atoms with van der Waals surface area (Å²) in [5.74, 6) is 1.11. The molecule has 4 rings (SSSR count). The van der Waals surface area contributed by atoms with Crippen LogP contribution in [0.3, 0.4) is 0 Å². The van der Waals surface area contributed by atoms with Gasteiger partial charge in [-0.1, -0.05) is 54.6 Å². The standard InChI is InChI=1S/C25H22F3N3O2/c1-31-16-29-30-24(31)23(32)20-9-13-22(14-10-20)33-15-17-3-2-4-18(6-5-17)19-7-11-21(12-8-19)25(26,27)28/h2-14,16-17,23,32H,15H2,1H3. The molecular weight excluding hydrogens is 431 g/mol. The quantitative estimate of drug-likeness (QED) is 0.563. The minimum Gasteiger partial charge on any atom is -0.493 e. The van der Waals surface area contributed by atoms with Crippen molar-refractivity contribution in [2.24, 2.45) is 13.0 Å². The van der Waals surface area contributed by atoms with Crippen LogP contribution in [0.2, 0.25) is 0 Å². The van der Waals surface area contributed by atoms with Crippen molar-refractivity contribution in [2.75, 3.05) is 6.61 Å². The first-order chi connectivity index (χ1) is 15.8. The lowest BCUT2D eigenvalue weighted by molar-refractivity contribution is -0.137. The fourth-order valence-corrected chi connectivity index (χ4v) is 3.43. The maximum atomic E-state index is 12.8. The van der Waals surface area contributed by atoms with Gasteiger partial charge in [-0.3, -0.25) is 0 Å². The molecule has 33 heavy (non-hydrogen) atoms. The minimum atomic E-state index is -4.35. The van der Waals surface area contributed by atoms with Gasteiger partial charge in [-0.2, -0.15) is 13.2 Å². The van der Waals surface area contributed by atoms with Crippen LogP contribution in [0.25, 0.3) is 5.57 Å². The average molecular weight is 453 g/mol. The van der Waals surface area contributed by atoms with Crippen molar-refractivity contribution in [2.45, 2.75) is 12.3 Å². The number of nitrogens with zero attached hydrogens (tertiary/aromatic N) is 3. The predicted octanol–water partition coefficient (Wildman–Crippen LogP) is 5.12.